The summed E-state index contributed by atoms with van der Waals surface area (Å²) in [5, 5.41) is 5.43. The number of benzene rings is 1. The van der Waals surface area contributed by atoms with E-state index in [0.717, 1.165) is 12.4 Å². The Balaban J connectivity index is 1.96. The van der Waals surface area contributed by atoms with Crippen molar-refractivity contribution in [1.29, 1.82) is 0 Å². The number of anilines is 1. The summed E-state index contributed by atoms with van der Waals surface area (Å²) in [7, 11) is 0. The van der Waals surface area contributed by atoms with Crippen LogP contribution in [0.4, 0.5) is 5.69 Å². The van der Waals surface area contributed by atoms with E-state index in [9.17, 15) is 0 Å². The number of hydrogen-bond donors (Lipinski definition) is 1. The molecule has 1 aromatic carbocycles. The van der Waals surface area contributed by atoms with E-state index in [1.807, 2.05) is 18.2 Å². The van der Waals surface area contributed by atoms with Gasteiger partial charge in [0.1, 0.15) is 5.84 Å². The summed E-state index contributed by atoms with van der Waals surface area (Å²) in [4.78, 5) is 5.73. The van der Waals surface area contributed by atoms with Crippen molar-refractivity contribution in [3.8, 4) is 0 Å². The lowest BCUT2D eigenvalue weighted by Crippen LogP contribution is -2.17. The van der Waals surface area contributed by atoms with Crippen LogP contribution in [-0.2, 0) is 6.54 Å². The molecule has 0 unspecified atom stereocenters. The fourth-order valence-corrected chi connectivity index (χ4v) is 2.35. The number of fused-ring (bicyclic) bond motifs is 1. The molecule has 2 heterocycles. The minimum Gasteiger partial charge on any atom is -0.339 e. The predicted octanol–water partition coefficient (Wildman–Crippen LogP) is 3.12. The number of rotatable bonds is 1. The Kier molecular flexibility index (Phi) is 2.03. The molecule has 0 fully saturated rings. The summed E-state index contributed by atoms with van der Waals surface area (Å²) < 4.78 is 0. The highest BCUT2D eigenvalue weighted by Crippen LogP contribution is 2.23. The van der Waals surface area contributed by atoms with Crippen LogP contribution in [0.5, 0.6) is 0 Å². The lowest BCUT2D eigenvalue weighted by molar-refractivity contribution is 1.05. The smallest absolute Gasteiger partial charge is 0.143 e. The van der Waals surface area contributed by atoms with Crippen LogP contribution in [0.1, 0.15) is 10.4 Å². The van der Waals surface area contributed by atoms with E-state index >= 15 is 0 Å². The quantitative estimate of drug-likeness (QED) is 0.775. The van der Waals surface area contributed by atoms with Gasteiger partial charge in [-0.2, -0.15) is 0 Å². The van der Waals surface area contributed by atoms with Crippen molar-refractivity contribution < 1.29 is 0 Å². The van der Waals surface area contributed by atoms with Crippen molar-refractivity contribution in [3.05, 3.63) is 52.2 Å². The molecule has 0 aliphatic carbocycles. The van der Waals surface area contributed by atoms with Gasteiger partial charge in [-0.25, -0.2) is 0 Å². The van der Waals surface area contributed by atoms with Gasteiger partial charge in [-0.1, -0.05) is 24.3 Å². The van der Waals surface area contributed by atoms with Crippen molar-refractivity contribution in [1.82, 2.24) is 0 Å². The van der Waals surface area contributed by atoms with E-state index in [-0.39, 0.29) is 0 Å². The van der Waals surface area contributed by atoms with Crippen molar-refractivity contribution in [2.75, 3.05) is 5.32 Å². The number of hydrogen-bond acceptors (Lipinski definition) is 3. The first-order valence-corrected chi connectivity index (χ1v) is 5.75. The third-order valence-corrected chi connectivity index (χ3v) is 3.31. The summed E-state index contributed by atoms with van der Waals surface area (Å²) >= 11 is 1.71. The van der Waals surface area contributed by atoms with Gasteiger partial charge in [-0.05, 0) is 23.1 Å². The maximum absolute atomic E-state index is 4.53. The molecule has 0 saturated heterocycles. The van der Waals surface area contributed by atoms with Crippen LogP contribution in [0, 0.1) is 0 Å². The summed E-state index contributed by atoms with van der Waals surface area (Å²) in [6.07, 6.45) is 0. The van der Waals surface area contributed by atoms with Gasteiger partial charge in [-0.15, -0.1) is 11.3 Å². The monoisotopic (exact) mass is 214 g/mol. The fraction of sp³-hybridized carbons (Fsp3) is 0.0833. The second-order valence-electron chi connectivity index (χ2n) is 3.42. The minimum absolute atomic E-state index is 0.774. The van der Waals surface area contributed by atoms with E-state index in [0.29, 0.717) is 0 Å². The van der Waals surface area contributed by atoms with Crippen LogP contribution in [0.25, 0.3) is 0 Å². The Bertz CT molecular complexity index is 500. The first-order valence-electron chi connectivity index (χ1n) is 4.87. The maximum atomic E-state index is 4.53. The molecule has 0 spiro atoms. The lowest BCUT2D eigenvalue weighted by atomic mass is 10.1. The lowest BCUT2D eigenvalue weighted by Gasteiger charge is -2.17. The van der Waals surface area contributed by atoms with Crippen molar-refractivity contribution in [2.24, 2.45) is 4.99 Å². The van der Waals surface area contributed by atoms with Gasteiger partial charge in [0, 0.05) is 5.69 Å². The molecule has 3 heteroatoms. The average molecular weight is 214 g/mol. The van der Waals surface area contributed by atoms with E-state index < -0.39 is 0 Å². The zero-order chi connectivity index (χ0) is 10.1. The van der Waals surface area contributed by atoms with Crippen molar-refractivity contribution >= 4 is 22.9 Å². The molecule has 3 rings (SSSR count). The zero-order valence-electron chi connectivity index (χ0n) is 8.10. The molecule has 15 heavy (non-hydrogen) atoms. The highest BCUT2D eigenvalue weighted by Gasteiger charge is 2.12. The SMILES string of the molecule is c1csc(C2=NCc3ccccc3N2)c1. The number of amidine groups is 1. The second-order valence-corrected chi connectivity index (χ2v) is 4.37. The average Bonchev–Trinajstić information content (AvgIpc) is 2.82. The zero-order valence-corrected chi connectivity index (χ0v) is 8.92. The third-order valence-electron chi connectivity index (χ3n) is 2.43. The van der Waals surface area contributed by atoms with Gasteiger partial charge in [0.25, 0.3) is 0 Å². The molecule has 0 saturated carbocycles. The first kappa shape index (κ1) is 8.68. The Morgan fingerprint density at radius 1 is 1.13 bits per heavy atom. The van der Waals surface area contributed by atoms with Crippen molar-refractivity contribution in [2.45, 2.75) is 6.54 Å². The van der Waals surface area contributed by atoms with Gasteiger partial charge in [-0.3, -0.25) is 4.99 Å². The number of aliphatic imine (C=N–C) groups is 1. The molecule has 1 aromatic heterocycles. The Morgan fingerprint density at radius 3 is 2.93 bits per heavy atom. The minimum atomic E-state index is 0.774. The van der Waals surface area contributed by atoms with Gasteiger partial charge < -0.3 is 5.32 Å². The molecule has 0 bridgehead atoms. The molecular weight excluding hydrogens is 204 g/mol. The van der Waals surface area contributed by atoms with Gasteiger partial charge in [0.2, 0.25) is 0 Å². The molecule has 1 aliphatic heterocycles. The number of thiophene rings is 1. The van der Waals surface area contributed by atoms with Crippen LogP contribution in [0.15, 0.2) is 46.8 Å². The maximum Gasteiger partial charge on any atom is 0.143 e. The van der Waals surface area contributed by atoms with Crippen LogP contribution in [-0.4, -0.2) is 5.84 Å². The highest BCUT2D eigenvalue weighted by atomic mass is 32.1. The van der Waals surface area contributed by atoms with Crippen LogP contribution in [0.2, 0.25) is 0 Å². The Labute approximate surface area is 92.3 Å². The number of nitrogens with zero attached hydrogens (tertiary/aromatic N) is 1. The number of nitrogens with one attached hydrogen (secondary N) is 1. The van der Waals surface area contributed by atoms with Crippen LogP contribution >= 0.6 is 11.3 Å². The fourth-order valence-electron chi connectivity index (χ4n) is 1.66. The molecular formula is C12H10N2S. The van der Waals surface area contributed by atoms with E-state index in [4.69, 9.17) is 0 Å². The summed E-state index contributed by atoms with van der Waals surface area (Å²) in [6.45, 7) is 0.774. The largest absolute Gasteiger partial charge is 0.339 e. The van der Waals surface area contributed by atoms with E-state index in [2.05, 4.69) is 33.9 Å². The van der Waals surface area contributed by atoms with Gasteiger partial charge >= 0.3 is 0 Å². The van der Waals surface area contributed by atoms with Crippen LogP contribution < -0.4 is 5.32 Å². The standard InChI is InChI=1S/C12H10N2S/c1-2-5-10-9(4-1)8-13-12(14-10)11-6-3-7-15-11/h1-7H,8H2,(H,13,14). The Hall–Kier alpha value is -1.61. The Morgan fingerprint density at radius 2 is 2.07 bits per heavy atom. The number of para-hydroxylation sites is 1. The van der Waals surface area contributed by atoms with Gasteiger partial charge in [0.05, 0.1) is 11.4 Å². The molecule has 74 valence electrons. The topological polar surface area (TPSA) is 24.4 Å². The predicted molar refractivity (Wildman–Crippen MR) is 64.6 cm³/mol. The highest BCUT2D eigenvalue weighted by molar-refractivity contribution is 7.12. The summed E-state index contributed by atoms with van der Waals surface area (Å²) in [5.41, 5.74) is 2.44. The molecule has 1 N–H and O–H groups in total. The second kappa shape index (κ2) is 3.51. The molecule has 2 nitrogen and oxygen atoms in total. The molecule has 0 atom stereocenters. The molecule has 0 amide bonds. The summed E-state index contributed by atoms with van der Waals surface area (Å²) in [6, 6.07) is 12.4. The van der Waals surface area contributed by atoms with Crippen LogP contribution in [0.3, 0.4) is 0 Å². The molecule has 2 aromatic rings. The van der Waals surface area contributed by atoms with E-state index in [1.54, 1.807) is 11.3 Å². The van der Waals surface area contributed by atoms with E-state index in [1.165, 1.54) is 16.1 Å². The molecule has 1 aliphatic rings. The third kappa shape index (κ3) is 1.55. The first-order chi connectivity index (χ1) is 7.43. The van der Waals surface area contributed by atoms with Gasteiger partial charge in [0.15, 0.2) is 0 Å². The van der Waals surface area contributed by atoms with Crippen molar-refractivity contribution in [3.63, 3.8) is 0 Å². The summed E-state index contributed by atoms with van der Waals surface area (Å²) in [5.74, 6) is 0.990. The normalized spacial score (nSPS) is 14.0. The molecule has 0 radical (unpaired) electrons.